The summed E-state index contributed by atoms with van der Waals surface area (Å²) in [6, 6.07) is 0. The van der Waals surface area contributed by atoms with Crippen molar-refractivity contribution in [2.45, 2.75) is 0 Å². The number of quaternary nitrogens is 1. The predicted octanol–water partition coefficient (Wildman–Crippen LogP) is 0.744. The molecule has 0 aromatic heterocycles. The van der Waals surface area contributed by atoms with Gasteiger partial charge in [-0.15, -0.1) is 0 Å². The average Bonchev–Trinajstić information content (AvgIpc) is 2.32. The molecule has 0 aromatic carbocycles. The van der Waals surface area contributed by atoms with Gasteiger partial charge in [-0.3, -0.25) is 4.90 Å². The van der Waals surface area contributed by atoms with Gasteiger partial charge in [0.25, 0.3) is 0 Å². The summed E-state index contributed by atoms with van der Waals surface area (Å²) in [5.41, 5.74) is 0. The van der Waals surface area contributed by atoms with E-state index in [1.54, 1.807) is 0 Å². The highest BCUT2D eigenvalue weighted by molar-refractivity contribution is 8.04. The van der Waals surface area contributed by atoms with Crippen molar-refractivity contribution in [3.63, 3.8) is 0 Å². The monoisotopic (exact) mass is 262 g/mol. The molecule has 4 aliphatic heterocycles. The van der Waals surface area contributed by atoms with Crippen molar-refractivity contribution in [3.05, 3.63) is 0 Å². The van der Waals surface area contributed by atoms with Crippen LogP contribution in [0.25, 0.3) is 0 Å². The van der Waals surface area contributed by atoms with E-state index < -0.39 is 0 Å². The Bertz CT molecular complexity index is 195. The van der Waals surface area contributed by atoms with Crippen molar-refractivity contribution in [2.24, 2.45) is 0 Å². The van der Waals surface area contributed by atoms with Crippen molar-refractivity contribution >= 4 is 22.7 Å². The molecule has 2 bridgehead atoms. The average molecular weight is 262 g/mol. The third-order valence-electron chi connectivity index (χ3n) is 4.02. The van der Waals surface area contributed by atoms with Gasteiger partial charge in [-0.25, -0.2) is 0 Å². The maximum Gasteiger partial charge on any atom is 0.116 e. The van der Waals surface area contributed by atoms with E-state index in [2.05, 4.69) is 30.0 Å². The first kappa shape index (κ1) is 13.1. The van der Waals surface area contributed by atoms with Crippen molar-refractivity contribution in [2.75, 3.05) is 75.6 Å². The molecule has 0 unspecified atom stereocenters. The van der Waals surface area contributed by atoms with Gasteiger partial charge in [0, 0.05) is 31.1 Å². The predicted molar refractivity (Wildman–Crippen MR) is 77.6 cm³/mol. The number of fused-ring (bicyclic) bond motifs is 3. The lowest BCUT2D eigenvalue weighted by molar-refractivity contribution is -0.922. The quantitative estimate of drug-likeness (QED) is 0.468. The van der Waals surface area contributed by atoms with Crippen LogP contribution in [0.1, 0.15) is 0 Å². The molecule has 0 aliphatic carbocycles. The van der Waals surface area contributed by atoms with Gasteiger partial charge in [-0.1, -0.05) is 0 Å². The summed E-state index contributed by atoms with van der Waals surface area (Å²) in [7, 11) is 3.17. The molecule has 94 valence electrons. The lowest BCUT2D eigenvalue weighted by Gasteiger charge is -2.48. The Labute approximate surface area is 108 Å². The van der Waals surface area contributed by atoms with Crippen LogP contribution in [-0.2, 0) is 10.9 Å². The molecule has 0 saturated carbocycles. The summed E-state index contributed by atoms with van der Waals surface area (Å²) >= 11 is 2.11. The second-order valence-electron chi connectivity index (χ2n) is 5.43. The van der Waals surface area contributed by atoms with E-state index in [1.807, 2.05) is 0 Å². The van der Waals surface area contributed by atoms with Gasteiger partial charge in [0.1, 0.15) is 11.5 Å². The first-order valence-electron chi connectivity index (χ1n) is 6.41. The molecule has 4 heterocycles. The van der Waals surface area contributed by atoms with E-state index in [9.17, 15) is 0 Å². The summed E-state index contributed by atoms with van der Waals surface area (Å²) < 4.78 is 1.34. The fraction of sp³-hybridized carbons (Fsp3) is 1.00. The molecule has 4 aliphatic rings. The summed E-state index contributed by atoms with van der Waals surface area (Å²) in [6.07, 6.45) is 2.37. The van der Waals surface area contributed by atoms with Gasteiger partial charge >= 0.3 is 0 Å². The van der Waals surface area contributed by atoms with Gasteiger partial charge in [0.2, 0.25) is 0 Å². The van der Waals surface area contributed by atoms with E-state index in [0.717, 1.165) is 10.9 Å². The third kappa shape index (κ3) is 3.83. The highest BCUT2D eigenvalue weighted by atomic mass is 32.2. The van der Waals surface area contributed by atoms with Gasteiger partial charge in [-0.2, -0.15) is 11.8 Å². The van der Waals surface area contributed by atoms with E-state index in [1.165, 1.54) is 66.8 Å². The Morgan fingerprint density at radius 3 is 1.75 bits per heavy atom. The summed E-state index contributed by atoms with van der Waals surface area (Å²) in [6.45, 7) is 8.20. The van der Waals surface area contributed by atoms with Crippen LogP contribution in [0, 0.1) is 0 Å². The van der Waals surface area contributed by atoms with Crippen LogP contribution in [0.3, 0.4) is 0 Å². The first-order chi connectivity index (χ1) is 7.68. The molecule has 0 aromatic rings. The number of likely N-dealkylation sites (N-methyl/N-ethyl adjacent to an activating group) is 1. The standard InChI is InChI=1S/C7H15N2.C5H11S2/c1-9-5-2-8(3-6-9)4-7-9;1-7-4-2-6-3-5-7/h2-7H2,1H3;2-5H2,1H3/q2*+1. The second-order valence-corrected chi connectivity index (χ2v) is 9.04. The molecule has 4 fully saturated rings. The smallest absolute Gasteiger partial charge is 0.116 e. The van der Waals surface area contributed by atoms with Crippen LogP contribution < -0.4 is 0 Å². The maximum absolute atomic E-state index is 2.57. The lowest BCUT2D eigenvalue weighted by Crippen LogP contribution is -2.65. The number of rotatable bonds is 0. The van der Waals surface area contributed by atoms with Crippen LogP contribution in [0.5, 0.6) is 0 Å². The first-order valence-corrected chi connectivity index (χ1v) is 9.53. The van der Waals surface area contributed by atoms with Gasteiger partial charge in [0.15, 0.2) is 0 Å². The minimum atomic E-state index is 0.789. The SMILES string of the molecule is C[N+]12CCN(CC1)CC2.C[S+]1CCSCC1. The molecule has 0 atom stereocenters. The normalized spacial score (nSPS) is 39.0. The molecule has 0 radical (unpaired) electrons. The molecular weight excluding hydrogens is 236 g/mol. The van der Waals surface area contributed by atoms with E-state index in [4.69, 9.17) is 0 Å². The molecular formula is C12H26N2S2+2. The molecule has 0 N–H and O–H groups in total. The topological polar surface area (TPSA) is 3.24 Å². The Balaban J connectivity index is 0.000000125. The summed E-state index contributed by atoms with van der Waals surface area (Å²) in [4.78, 5) is 2.57. The zero-order valence-electron chi connectivity index (χ0n) is 10.8. The minimum Gasteiger partial charge on any atom is -0.323 e. The Kier molecular flexibility index (Phi) is 4.89. The molecule has 4 heteroatoms. The van der Waals surface area contributed by atoms with Crippen LogP contribution in [-0.4, -0.2) is 85.0 Å². The fourth-order valence-corrected chi connectivity index (χ4v) is 6.05. The number of nitrogens with zero attached hydrogens (tertiary/aromatic N) is 2. The van der Waals surface area contributed by atoms with Gasteiger partial charge in [0.05, 0.1) is 32.9 Å². The zero-order valence-corrected chi connectivity index (χ0v) is 12.4. The second kappa shape index (κ2) is 5.98. The lowest BCUT2D eigenvalue weighted by atomic mass is 10.2. The van der Waals surface area contributed by atoms with Crippen molar-refractivity contribution < 1.29 is 4.48 Å². The van der Waals surface area contributed by atoms with E-state index in [0.29, 0.717) is 0 Å². The van der Waals surface area contributed by atoms with Gasteiger partial charge < -0.3 is 4.48 Å². The van der Waals surface area contributed by atoms with Crippen molar-refractivity contribution in [1.82, 2.24) is 4.90 Å². The number of hydrogen-bond donors (Lipinski definition) is 0. The molecule has 16 heavy (non-hydrogen) atoms. The van der Waals surface area contributed by atoms with Gasteiger partial charge in [-0.05, 0) is 10.9 Å². The summed E-state index contributed by atoms with van der Waals surface area (Å²) in [5.74, 6) is 5.79. The van der Waals surface area contributed by atoms with Crippen LogP contribution in [0.2, 0.25) is 0 Å². The fourth-order valence-electron chi connectivity index (χ4n) is 2.43. The molecule has 4 saturated heterocycles. The molecule has 0 amide bonds. The highest BCUT2D eigenvalue weighted by Gasteiger charge is 2.34. The highest BCUT2D eigenvalue weighted by Crippen LogP contribution is 2.15. The Morgan fingerprint density at radius 1 is 1.00 bits per heavy atom. The van der Waals surface area contributed by atoms with Crippen LogP contribution >= 0.6 is 11.8 Å². The molecule has 0 spiro atoms. The minimum absolute atomic E-state index is 0.789. The number of hydrogen-bond acceptors (Lipinski definition) is 2. The van der Waals surface area contributed by atoms with Crippen molar-refractivity contribution in [3.8, 4) is 0 Å². The third-order valence-corrected chi connectivity index (χ3v) is 7.32. The maximum atomic E-state index is 2.57. The van der Waals surface area contributed by atoms with E-state index in [-0.39, 0.29) is 0 Å². The Hall–Kier alpha value is 0.620. The summed E-state index contributed by atoms with van der Waals surface area (Å²) in [5, 5.41) is 0. The largest absolute Gasteiger partial charge is 0.323 e. The number of piperazine rings is 3. The van der Waals surface area contributed by atoms with Crippen molar-refractivity contribution in [1.29, 1.82) is 0 Å². The Morgan fingerprint density at radius 2 is 1.50 bits per heavy atom. The number of thioether (sulfide) groups is 1. The van der Waals surface area contributed by atoms with E-state index >= 15 is 0 Å². The van der Waals surface area contributed by atoms with Crippen LogP contribution in [0.15, 0.2) is 0 Å². The molecule has 2 nitrogen and oxygen atoms in total. The zero-order chi connectivity index (χ0) is 11.4. The molecule has 4 rings (SSSR count). The van der Waals surface area contributed by atoms with Crippen LogP contribution in [0.4, 0.5) is 0 Å².